The fourth-order valence-electron chi connectivity index (χ4n) is 2.41. The molecule has 0 atom stereocenters. The van der Waals surface area contributed by atoms with Crippen LogP contribution in [0.4, 0.5) is 13.2 Å². The number of rotatable bonds is 3. The number of hydrogen-bond donors (Lipinski definition) is 0. The highest BCUT2D eigenvalue weighted by Crippen LogP contribution is 2.32. The van der Waals surface area contributed by atoms with Crippen molar-refractivity contribution in [3.63, 3.8) is 0 Å². The SMILES string of the molecule is COc1ccn2c(Cc3ccccc3C(F)(F)F)ncc2c1. The zero-order valence-electron chi connectivity index (χ0n) is 11.8. The molecular weight excluding hydrogens is 293 g/mol. The Hall–Kier alpha value is -2.50. The van der Waals surface area contributed by atoms with Crippen molar-refractivity contribution in [2.24, 2.45) is 0 Å². The van der Waals surface area contributed by atoms with Gasteiger partial charge in [0, 0.05) is 18.7 Å². The van der Waals surface area contributed by atoms with E-state index in [1.807, 2.05) is 0 Å². The Morgan fingerprint density at radius 1 is 1.18 bits per heavy atom. The highest BCUT2D eigenvalue weighted by atomic mass is 19.4. The van der Waals surface area contributed by atoms with Crippen molar-refractivity contribution in [3.8, 4) is 5.75 Å². The van der Waals surface area contributed by atoms with Crippen LogP contribution in [0.25, 0.3) is 5.52 Å². The summed E-state index contributed by atoms with van der Waals surface area (Å²) in [6.45, 7) is 0. The van der Waals surface area contributed by atoms with E-state index < -0.39 is 11.7 Å². The Balaban J connectivity index is 2.01. The summed E-state index contributed by atoms with van der Waals surface area (Å²) in [5.74, 6) is 1.23. The third-order valence-corrected chi connectivity index (χ3v) is 3.49. The Bertz CT molecular complexity index is 809. The van der Waals surface area contributed by atoms with Gasteiger partial charge in [-0.15, -0.1) is 0 Å². The van der Waals surface area contributed by atoms with Crippen molar-refractivity contribution in [1.82, 2.24) is 9.38 Å². The number of pyridine rings is 1. The van der Waals surface area contributed by atoms with Crippen LogP contribution in [-0.4, -0.2) is 16.5 Å². The van der Waals surface area contributed by atoms with Crippen LogP contribution in [0.1, 0.15) is 17.0 Å². The topological polar surface area (TPSA) is 26.5 Å². The molecule has 2 aromatic heterocycles. The Labute approximate surface area is 125 Å². The lowest BCUT2D eigenvalue weighted by atomic mass is 10.0. The maximum Gasteiger partial charge on any atom is 0.416 e. The van der Waals surface area contributed by atoms with Crippen molar-refractivity contribution in [3.05, 3.63) is 65.7 Å². The summed E-state index contributed by atoms with van der Waals surface area (Å²) in [5.41, 5.74) is 0.359. The molecule has 6 heteroatoms. The highest BCUT2D eigenvalue weighted by molar-refractivity contribution is 5.51. The third kappa shape index (κ3) is 2.64. The van der Waals surface area contributed by atoms with Crippen LogP contribution in [0, 0.1) is 0 Å². The summed E-state index contributed by atoms with van der Waals surface area (Å²) in [7, 11) is 1.56. The Kier molecular flexibility index (Phi) is 3.52. The molecule has 0 bridgehead atoms. The van der Waals surface area contributed by atoms with Gasteiger partial charge in [0.2, 0.25) is 0 Å². The minimum atomic E-state index is -4.37. The molecule has 3 aromatic rings. The average Bonchev–Trinajstić information content (AvgIpc) is 2.89. The number of methoxy groups -OCH3 is 1. The zero-order valence-corrected chi connectivity index (χ0v) is 11.8. The molecule has 0 N–H and O–H groups in total. The number of benzene rings is 1. The molecule has 22 heavy (non-hydrogen) atoms. The first-order valence-corrected chi connectivity index (χ1v) is 6.64. The van der Waals surface area contributed by atoms with Crippen molar-refractivity contribution in [1.29, 1.82) is 0 Å². The van der Waals surface area contributed by atoms with Gasteiger partial charge in [-0.3, -0.25) is 0 Å². The maximum atomic E-state index is 13.0. The van der Waals surface area contributed by atoms with E-state index in [0.717, 1.165) is 11.6 Å². The van der Waals surface area contributed by atoms with Gasteiger partial charge >= 0.3 is 6.18 Å². The normalized spacial score (nSPS) is 11.8. The molecule has 0 spiro atoms. The van der Waals surface area contributed by atoms with Gasteiger partial charge in [-0.1, -0.05) is 18.2 Å². The van der Waals surface area contributed by atoms with Crippen LogP contribution in [0.15, 0.2) is 48.8 Å². The lowest BCUT2D eigenvalue weighted by Gasteiger charge is -2.12. The molecule has 1 aromatic carbocycles. The predicted molar refractivity (Wildman–Crippen MR) is 76.0 cm³/mol. The lowest BCUT2D eigenvalue weighted by Crippen LogP contribution is -2.10. The zero-order chi connectivity index (χ0) is 15.7. The van der Waals surface area contributed by atoms with E-state index in [9.17, 15) is 13.2 Å². The standard InChI is InChI=1S/C16H13F3N2O/c1-22-13-6-7-21-12(9-13)10-20-15(21)8-11-4-2-3-5-14(11)16(17,18)19/h2-7,9-10H,8H2,1H3. The second kappa shape index (κ2) is 5.36. The fourth-order valence-corrected chi connectivity index (χ4v) is 2.41. The molecule has 0 unspecified atom stereocenters. The number of fused-ring (bicyclic) bond motifs is 1. The van der Waals surface area contributed by atoms with Crippen molar-refractivity contribution < 1.29 is 17.9 Å². The minimum absolute atomic E-state index is 0.107. The third-order valence-electron chi connectivity index (χ3n) is 3.49. The van der Waals surface area contributed by atoms with Gasteiger partial charge in [0.1, 0.15) is 11.6 Å². The van der Waals surface area contributed by atoms with E-state index in [-0.39, 0.29) is 12.0 Å². The van der Waals surface area contributed by atoms with Gasteiger partial charge in [-0.05, 0) is 17.7 Å². The molecule has 0 aliphatic rings. The maximum absolute atomic E-state index is 13.0. The second-order valence-electron chi connectivity index (χ2n) is 4.87. The number of imidazole rings is 1. The minimum Gasteiger partial charge on any atom is -0.497 e. The summed E-state index contributed by atoms with van der Waals surface area (Å²) in [4.78, 5) is 4.23. The van der Waals surface area contributed by atoms with Gasteiger partial charge in [0.15, 0.2) is 0 Å². The van der Waals surface area contributed by atoms with E-state index in [1.165, 1.54) is 12.1 Å². The van der Waals surface area contributed by atoms with Crippen molar-refractivity contribution in [2.75, 3.05) is 7.11 Å². The van der Waals surface area contributed by atoms with Gasteiger partial charge in [0.05, 0.1) is 24.4 Å². The quantitative estimate of drug-likeness (QED) is 0.732. The summed E-state index contributed by atoms with van der Waals surface area (Å²) >= 11 is 0. The molecule has 0 aliphatic carbocycles. The van der Waals surface area contributed by atoms with Gasteiger partial charge < -0.3 is 9.14 Å². The van der Waals surface area contributed by atoms with Crippen molar-refractivity contribution in [2.45, 2.75) is 12.6 Å². The summed E-state index contributed by atoms with van der Waals surface area (Å²) < 4.78 is 46.0. The molecule has 0 aliphatic heterocycles. The van der Waals surface area contributed by atoms with Crippen LogP contribution < -0.4 is 4.74 Å². The summed E-state index contributed by atoms with van der Waals surface area (Å²) in [5, 5.41) is 0. The Morgan fingerprint density at radius 2 is 1.95 bits per heavy atom. The van der Waals surface area contributed by atoms with Crippen LogP contribution in [0.2, 0.25) is 0 Å². The first-order chi connectivity index (χ1) is 10.5. The van der Waals surface area contributed by atoms with Crippen LogP contribution in [-0.2, 0) is 12.6 Å². The number of halogens is 3. The highest BCUT2D eigenvalue weighted by Gasteiger charge is 2.33. The van der Waals surface area contributed by atoms with Gasteiger partial charge in [-0.25, -0.2) is 4.98 Å². The molecule has 114 valence electrons. The van der Waals surface area contributed by atoms with Crippen molar-refractivity contribution >= 4 is 5.52 Å². The van der Waals surface area contributed by atoms with Crippen LogP contribution in [0.3, 0.4) is 0 Å². The first kappa shape index (κ1) is 14.4. The molecule has 0 saturated heterocycles. The molecule has 0 fully saturated rings. The number of nitrogens with zero attached hydrogens (tertiary/aromatic N) is 2. The van der Waals surface area contributed by atoms with Gasteiger partial charge in [-0.2, -0.15) is 13.2 Å². The fraction of sp³-hybridized carbons (Fsp3) is 0.188. The first-order valence-electron chi connectivity index (χ1n) is 6.64. The molecule has 0 radical (unpaired) electrons. The largest absolute Gasteiger partial charge is 0.497 e. The van der Waals surface area contributed by atoms with Crippen LogP contribution in [0.5, 0.6) is 5.75 Å². The molecule has 2 heterocycles. The molecular formula is C16H13F3N2O. The molecule has 3 nitrogen and oxygen atoms in total. The molecule has 0 amide bonds. The Morgan fingerprint density at radius 3 is 2.68 bits per heavy atom. The summed E-state index contributed by atoms with van der Waals surface area (Å²) in [6.07, 6.45) is -0.899. The summed E-state index contributed by atoms with van der Waals surface area (Å²) in [6, 6.07) is 9.09. The number of hydrogen-bond acceptors (Lipinski definition) is 2. The smallest absolute Gasteiger partial charge is 0.416 e. The van der Waals surface area contributed by atoms with E-state index in [1.54, 1.807) is 42.1 Å². The van der Waals surface area contributed by atoms with Crippen LogP contribution >= 0.6 is 0 Å². The molecule has 3 rings (SSSR count). The predicted octanol–water partition coefficient (Wildman–Crippen LogP) is 3.95. The second-order valence-corrected chi connectivity index (χ2v) is 4.87. The van der Waals surface area contributed by atoms with E-state index in [2.05, 4.69) is 4.98 Å². The van der Waals surface area contributed by atoms with E-state index in [4.69, 9.17) is 4.74 Å². The number of alkyl halides is 3. The van der Waals surface area contributed by atoms with Gasteiger partial charge in [0.25, 0.3) is 0 Å². The molecule has 0 saturated carbocycles. The lowest BCUT2D eigenvalue weighted by molar-refractivity contribution is -0.138. The monoisotopic (exact) mass is 306 g/mol. The number of aromatic nitrogens is 2. The van der Waals surface area contributed by atoms with E-state index >= 15 is 0 Å². The van der Waals surface area contributed by atoms with E-state index in [0.29, 0.717) is 11.6 Å². The average molecular weight is 306 g/mol. The number of ether oxygens (including phenoxy) is 1.